The van der Waals surface area contributed by atoms with Crippen LogP contribution in [-0.2, 0) is 6.54 Å². The SMILES string of the molecule is COc1cccc(CNC(=O)c2c(C)noc2-c2cccc(F)c2)c1. The third kappa shape index (κ3) is 3.68. The maximum Gasteiger partial charge on any atom is 0.257 e. The van der Waals surface area contributed by atoms with E-state index < -0.39 is 5.82 Å². The zero-order valence-electron chi connectivity index (χ0n) is 13.9. The molecule has 6 heteroatoms. The second-order valence-corrected chi connectivity index (χ2v) is 5.52. The predicted octanol–water partition coefficient (Wildman–Crippen LogP) is 3.73. The number of halogens is 1. The minimum Gasteiger partial charge on any atom is -0.497 e. The zero-order chi connectivity index (χ0) is 17.8. The van der Waals surface area contributed by atoms with Crippen LogP contribution in [0.4, 0.5) is 4.39 Å². The van der Waals surface area contributed by atoms with Gasteiger partial charge >= 0.3 is 0 Å². The van der Waals surface area contributed by atoms with E-state index in [1.54, 1.807) is 26.2 Å². The minimum absolute atomic E-state index is 0.250. The van der Waals surface area contributed by atoms with E-state index in [2.05, 4.69) is 10.5 Å². The van der Waals surface area contributed by atoms with Gasteiger partial charge in [-0.25, -0.2) is 4.39 Å². The zero-order valence-corrected chi connectivity index (χ0v) is 13.9. The summed E-state index contributed by atoms with van der Waals surface area (Å²) in [6.07, 6.45) is 0. The third-order valence-electron chi connectivity index (χ3n) is 3.76. The van der Waals surface area contributed by atoms with Crippen LogP contribution < -0.4 is 10.1 Å². The molecule has 0 bridgehead atoms. The molecular weight excluding hydrogens is 323 g/mol. The molecule has 0 atom stereocenters. The molecule has 1 N–H and O–H groups in total. The highest BCUT2D eigenvalue weighted by Crippen LogP contribution is 2.26. The molecule has 0 aliphatic carbocycles. The number of benzene rings is 2. The van der Waals surface area contributed by atoms with Crippen molar-refractivity contribution in [3.05, 3.63) is 71.2 Å². The molecule has 0 aliphatic rings. The smallest absolute Gasteiger partial charge is 0.257 e. The number of methoxy groups -OCH3 is 1. The van der Waals surface area contributed by atoms with E-state index in [0.717, 1.165) is 5.56 Å². The van der Waals surface area contributed by atoms with Crippen molar-refractivity contribution in [2.75, 3.05) is 7.11 Å². The Morgan fingerprint density at radius 3 is 2.80 bits per heavy atom. The number of nitrogens with zero attached hydrogens (tertiary/aromatic N) is 1. The fraction of sp³-hybridized carbons (Fsp3) is 0.158. The minimum atomic E-state index is -0.408. The molecule has 25 heavy (non-hydrogen) atoms. The quantitative estimate of drug-likeness (QED) is 0.769. The normalized spacial score (nSPS) is 10.5. The van der Waals surface area contributed by atoms with Crippen LogP contribution >= 0.6 is 0 Å². The number of hydrogen-bond acceptors (Lipinski definition) is 4. The molecule has 0 aliphatic heterocycles. The van der Waals surface area contributed by atoms with Gasteiger partial charge in [-0.15, -0.1) is 0 Å². The first-order chi connectivity index (χ1) is 12.1. The molecule has 0 unspecified atom stereocenters. The summed E-state index contributed by atoms with van der Waals surface area (Å²) >= 11 is 0. The molecule has 2 aromatic carbocycles. The maximum absolute atomic E-state index is 13.5. The summed E-state index contributed by atoms with van der Waals surface area (Å²) in [5.74, 6) is 0.226. The van der Waals surface area contributed by atoms with Gasteiger partial charge in [0.15, 0.2) is 5.76 Å². The molecule has 0 spiro atoms. The fourth-order valence-electron chi connectivity index (χ4n) is 2.52. The average Bonchev–Trinajstić information content (AvgIpc) is 3.01. The second kappa shape index (κ2) is 7.17. The number of nitrogens with one attached hydrogen (secondary N) is 1. The number of hydrogen-bond donors (Lipinski definition) is 1. The molecule has 128 valence electrons. The highest BCUT2D eigenvalue weighted by Gasteiger charge is 2.21. The largest absolute Gasteiger partial charge is 0.497 e. The lowest BCUT2D eigenvalue weighted by Gasteiger charge is -2.07. The maximum atomic E-state index is 13.5. The van der Waals surface area contributed by atoms with Crippen LogP contribution in [0.5, 0.6) is 5.75 Å². The van der Waals surface area contributed by atoms with Gasteiger partial charge in [0.2, 0.25) is 0 Å². The Bertz CT molecular complexity index is 905. The summed E-state index contributed by atoms with van der Waals surface area (Å²) in [6, 6.07) is 13.3. The van der Waals surface area contributed by atoms with Crippen LogP contribution in [-0.4, -0.2) is 18.2 Å². The van der Waals surface area contributed by atoms with Crippen molar-refractivity contribution in [3.8, 4) is 17.1 Å². The van der Waals surface area contributed by atoms with E-state index in [1.807, 2.05) is 24.3 Å². The first kappa shape index (κ1) is 16.7. The van der Waals surface area contributed by atoms with Gasteiger partial charge in [-0.05, 0) is 36.8 Å². The van der Waals surface area contributed by atoms with Crippen LogP contribution in [0, 0.1) is 12.7 Å². The highest BCUT2D eigenvalue weighted by atomic mass is 19.1. The molecule has 0 radical (unpaired) electrons. The lowest BCUT2D eigenvalue weighted by Crippen LogP contribution is -2.23. The van der Waals surface area contributed by atoms with Crippen molar-refractivity contribution in [2.45, 2.75) is 13.5 Å². The summed E-state index contributed by atoms with van der Waals surface area (Å²) in [4.78, 5) is 12.6. The number of amides is 1. The first-order valence-electron chi connectivity index (χ1n) is 7.72. The Kier molecular flexibility index (Phi) is 4.79. The van der Waals surface area contributed by atoms with Crippen molar-refractivity contribution >= 4 is 5.91 Å². The Balaban J connectivity index is 1.81. The molecule has 3 aromatic rings. The summed E-state index contributed by atoms with van der Waals surface area (Å²) in [7, 11) is 1.59. The van der Waals surface area contributed by atoms with Crippen LogP contribution in [0.2, 0.25) is 0 Å². The molecule has 0 saturated carbocycles. The summed E-state index contributed by atoms with van der Waals surface area (Å²) in [5, 5.41) is 6.68. The number of aryl methyl sites for hydroxylation is 1. The molecule has 1 amide bonds. The first-order valence-corrected chi connectivity index (χ1v) is 7.72. The molecule has 0 fully saturated rings. The van der Waals surface area contributed by atoms with Crippen molar-refractivity contribution in [1.82, 2.24) is 10.5 Å². The molecule has 1 heterocycles. The van der Waals surface area contributed by atoms with E-state index in [9.17, 15) is 9.18 Å². The average molecular weight is 340 g/mol. The Morgan fingerprint density at radius 2 is 2.04 bits per heavy atom. The predicted molar refractivity (Wildman–Crippen MR) is 90.8 cm³/mol. The Morgan fingerprint density at radius 1 is 1.24 bits per heavy atom. The summed E-state index contributed by atoms with van der Waals surface area (Å²) in [5.41, 5.74) is 2.11. The van der Waals surface area contributed by atoms with E-state index in [-0.39, 0.29) is 11.7 Å². The monoisotopic (exact) mass is 340 g/mol. The van der Waals surface area contributed by atoms with E-state index in [1.165, 1.54) is 12.1 Å². The fourth-order valence-corrected chi connectivity index (χ4v) is 2.52. The molecular formula is C19H17FN2O3. The number of ether oxygens (including phenoxy) is 1. The van der Waals surface area contributed by atoms with Gasteiger partial charge in [-0.1, -0.05) is 29.4 Å². The van der Waals surface area contributed by atoms with Gasteiger partial charge in [0, 0.05) is 12.1 Å². The van der Waals surface area contributed by atoms with Crippen molar-refractivity contribution in [1.29, 1.82) is 0 Å². The van der Waals surface area contributed by atoms with Crippen molar-refractivity contribution in [2.24, 2.45) is 0 Å². The highest BCUT2D eigenvalue weighted by molar-refractivity contribution is 6.00. The van der Waals surface area contributed by atoms with Crippen LogP contribution in [0.1, 0.15) is 21.6 Å². The number of carbonyl (C=O) groups is 1. The van der Waals surface area contributed by atoms with Gasteiger partial charge in [-0.3, -0.25) is 4.79 Å². The van der Waals surface area contributed by atoms with Crippen LogP contribution in [0.15, 0.2) is 53.1 Å². The Hall–Kier alpha value is -3.15. The van der Waals surface area contributed by atoms with Crippen LogP contribution in [0.25, 0.3) is 11.3 Å². The van der Waals surface area contributed by atoms with Gasteiger partial charge in [-0.2, -0.15) is 0 Å². The number of aromatic nitrogens is 1. The van der Waals surface area contributed by atoms with Gasteiger partial charge in [0.25, 0.3) is 5.91 Å². The van der Waals surface area contributed by atoms with Crippen LogP contribution in [0.3, 0.4) is 0 Å². The number of carbonyl (C=O) groups excluding carboxylic acids is 1. The lowest BCUT2D eigenvalue weighted by molar-refractivity contribution is 0.0950. The van der Waals surface area contributed by atoms with E-state index in [4.69, 9.17) is 9.26 Å². The van der Waals surface area contributed by atoms with E-state index in [0.29, 0.717) is 29.1 Å². The molecule has 3 rings (SSSR count). The standard InChI is InChI=1S/C19H17FN2O3/c1-12-17(18(25-22-12)14-6-4-7-15(20)10-14)19(23)21-11-13-5-3-8-16(9-13)24-2/h3-10H,11H2,1-2H3,(H,21,23). The summed E-state index contributed by atoms with van der Waals surface area (Å²) in [6.45, 7) is 2.00. The Labute approximate surface area is 144 Å². The van der Waals surface area contributed by atoms with Crippen molar-refractivity contribution < 1.29 is 18.4 Å². The van der Waals surface area contributed by atoms with Crippen molar-refractivity contribution in [3.63, 3.8) is 0 Å². The molecule has 0 saturated heterocycles. The van der Waals surface area contributed by atoms with Gasteiger partial charge in [0.05, 0.1) is 12.8 Å². The number of rotatable bonds is 5. The lowest BCUT2D eigenvalue weighted by atomic mass is 10.1. The van der Waals surface area contributed by atoms with E-state index >= 15 is 0 Å². The topological polar surface area (TPSA) is 64.4 Å². The van der Waals surface area contributed by atoms with Gasteiger partial charge < -0.3 is 14.6 Å². The summed E-state index contributed by atoms with van der Waals surface area (Å²) < 4.78 is 23.9. The third-order valence-corrected chi connectivity index (χ3v) is 3.76. The molecule has 1 aromatic heterocycles. The molecule has 5 nitrogen and oxygen atoms in total. The van der Waals surface area contributed by atoms with Gasteiger partial charge in [0.1, 0.15) is 17.1 Å². The second-order valence-electron chi connectivity index (χ2n) is 5.52.